The summed E-state index contributed by atoms with van der Waals surface area (Å²) in [7, 11) is -4.10. The van der Waals surface area contributed by atoms with Gasteiger partial charge in [0.1, 0.15) is 11.9 Å². The maximum Gasteiger partial charge on any atom is 0.262 e. The summed E-state index contributed by atoms with van der Waals surface area (Å²) in [6, 6.07) is 20.2. The van der Waals surface area contributed by atoms with E-state index < -0.39 is 15.8 Å². The van der Waals surface area contributed by atoms with Crippen LogP contribution in [0.25, 0.3) is 11.1 Å². The fraction of sp³-hybridized carbons (Fsp3) is 0. The van der Waals surface area contributed by atoms with Gasteiger partial charge in [-0.3, -0.25) is 4.72 Å². The molecule has 0 saturated heterocycles. The molecular weight excluding hydrogens is 375 g/mol. The highest BCUT2D eigenvalue weighted by molar-refractivity contribution is 7.92. The molecule has 0 aliphatic carbocycles. The van der Waals surface area contributed by atoms with Crippen molar-refractivity contribution in [2.24, 2.45) is 0 Å². The van der Waals surface area contributed by atoms with E-state index in [0.29, 0.717) is 5.56 Å². The van der Waals surface area contributed by atoms with Crippen LogP contribution in [0.4, 0.5) is 10.1 Å². The Morgan fingerprint density at radius 1 is 1.08 bits per heavy atom. The average molecular weight is 385 g/mol. The zero-order chi connectivity index (χ0) is 18.7. The standard InChI is InChI=1S/C19H10ClFN2O2S/c20-17-8-7-16(10-15(17)12-22)26(24,25)23-19-11-14(6-9-18(19)21)13-4-2-1-3-5-13/h2,4-11,23H. The molecule has 0 heterocycles. The van der Waals surface area contributed by atoms with Gasteiger partial charge in [0.15, 0.2) is 0 Å². The number of benzene rings is 2. The average Bonchev–Trinajstić information content (AvgIpc) is 2.64. The second-order valence-electron chi connectivity index (χ2n) is 5.28. The van der Waals surface area contributed by atoms with Gasteiger partial charge >= 0.3 is 0 Å². The van der Waals surface area contributed by atoms with Gasteiger partial charge in [0.2, 0.25) is 0 Å². The van der Waals surface area contributed by atoms with E-state index in [1.807, 2.05) is 6.07 Å². The van der Waals surface area contributed by atoms with Crippen LogP contribution in [0.1, 0.15) is 5.56 Å². The highest BCUT2D eigenvalue weighted by Crippen LogP contribution is 2.27. The van der Waals surface area contributed by atoms with Crippen molar-refractivity contribution >= 4 is 27.3 Å². The number of nitrogens with zero attached hydrogens (tertiary/aromatic N) is 1. The Bertz CT molecular complexity index is 1110. The normalized spacial score (nSPS) is 10.7. The van der Waals surface area contributed by atoms with Crippen LogP contribution in [0.15, 0.2) is 59.5 Å². The number of halogens is 2. The second kappa shape index (κ2) is 7.05. The predicted octanol–water partition coefficient (Wildman–Crippen LogP) is 4.42. The molecular formula is C19H10ClFN2O2S. The Balaban J connectivity index is 1.99. The largest absolute Gasteiger partial charge is 0.277 e. The molecule has 0 amide bonds. The monoisotopic (exact) mass is 384 g/mol. The van der Waals surface area contributed by atoms with E-state index in [1.54, 1.807) is 18.2 Å². The summed E-state index contributed by atoms with van der Waals surface area (Å²) in [5.41, 5.74) is 1.16. The van der Waals surface area contributed by atoms with Crippen LogP contribution in [0.3, 0.4) is 0 Å². The first kappa shape index (κ1) is 17.8. The van der Waals surface area contributed by atoms with E-state index in [-0.39, 0.29) is 21.2 Å². The third-order valence-corrected chi connectivity index (χ3v) is 5.26. The molecule has 0 aliphatic rings. The van der Waals surface area contributed by atoms with Crippen molar-refractivity contribution in [3.63, 3.8) is 0 Å². The lowest BCUT2D eigenvalue weighted by molar-refractivity contribution is 0.598. The van der Waals surface area contributed by atoms with E-state index in [2.05, 4.69) is 16.9 Å². The quantitative estimate of drug-likeness (QED) is 0.723. The number of nitriles is 1. The predicted molar refractivity (Wildman–Crippen MR) is 96.5 cm³/mol. The van der Waals surface area contributed by atoms with Gasteiger partial charge in [-0.2, -0.15) is 5.26 Å². The van der Waals surface area contributed by atoms with Crippen LogP contribution in [0.2, 0.25) is 5.02 Å². The molecule has 0 bridgehead atoms. The summed E-state index contributed by atoms with van der Waals surface area (Å²) in [5, 5.41) is 9.13. The van der Waals surface area contributed by atoms with Gasteiger partial charge in [-0.1, -0.05) is 29.8 Å². The van der Waals surface area contributed by atoms with Crippen molar-refractivity contribution < 1.29 is 12.8 Å². The zero-order valence-corrected chi connectivity index (χ0v) is 14.7. The molecule has 128 valence electrons. The van der Waals surface area contributed by atoms with E-state index >= 15 is 0 Å². The molecule has 0 atom stereocenters. The molecule has 7 heteroatoms. The van der Waals surface area contributed by atoms with Crippen molar-refractivity contribution in [1.82, 2.24) is 0 Å². The number of rotatable bonds is 4. The molecule has 0 aromatic heterocycles. The third kappa shape index (κ3) is 3.62. The lowest BCUT2D eigenvalue weighted by atomic mass is 10.1. The number of anilines is 1. The highest BCUT2D eigenvalue weighted by Gasteiger charge is 2.18. The van der Waals surface area contributed by atoms with Crippen LogP contribution in [0, 0.1) is 29.3 Å². The molecule has 3 aromatic rings. The Hall–Kier alpha value is -3.06. The van der Waals surface area contributed by atoms with Crippen molar-refractivity contribution in [1.29, 1.82) is 5.26 Å². The molecule has 3 aromatic carbocycles. The van der Waals surface area contributed by atoms with E-state index in [4.69, 9.17) is 16.9 Å². The molecule has 0 radical (unpaired) electrons. The number of hydrogen-bond acceptors (Lipinski definition) is 3. The maximum absolute atomic E-state index is 14.1. The zero-order valence-electron chi connectivity index (χ0n) is 13.1. The van der Waals surface area contributed by atoms with Gasteiger partial charge in [-0.25, -0.2) is 12.8 Å². The van der Waals surface area contributed by atoms with Gasteiger partial charge in [-0.05, 0) is 59.7 Å². The second-order valence-corrected chi connectivity index (χ2v) is 7.36. The molecule has 0 fully saturated rings. The van der Waals surface area contributed by atoms with Crippen molar-refractivity contribution in [2.45, 2.75) is 4.90 Å². The van der Waals surface area contributed by atoms with E-state index in [1.165, 1.54) is 30.3 Å². The van der Waals surface area contributed by atoms with E-state index in [0.717, 1.165) is 11.6 Å². The minimum atomic E-state index is -4.10. The summed E-state index contributed by atoms with van der Waals surface area (Å²) >= 11 is 5.82. The van der Waals surface area contributed by atoms with Crippen LogP contribution in [0.5, 0.6) is 0 Å². The lowest BCUT2D eigenvalue weighted by Crippen LogP contribution is -2.14. The molecule has 0 unspecified atom stereocenters. The first-order valence-corrected chi connectivity index (χ1v) is 9.17. The Morgan fingerprint density at radius 2 is 1.88 bits per heavy atom. The molecule has 4 nitrogen and oxygen atoms in total. The van der Waals surface area contributed by atoms with Gasteiger partial charge in [0.05, 0.1) is 21.2 Å². The third-order valence-electron chi connectivity index (χ3n) is 3.57. The van der Waals surface area contributed by atoms with Gasteiger partial charge in [-0.15, -0.1) is 0 Å². The number of nitrogens with one attached hydrogen (secondary N) is 1. The van der Waals surface area contributed by atoms with Gasteiger partial charge < -0.3 is 0 Å². The highest BCUT2D eigenvalue weighted by atomic mass is 35.5. The molecule has 3 rings (SSSR count). The molecule has 1 N–H and O–H groups in total. The van der Waals surface area contributed by atoms with Crippen molar-refractivity contribution in [3.8, 4) is 17.2 Å². The summed E-state index contributed by atoms with van der Waals surface area (Å²) in [4.78, 5) is -0.189. The van der Waals surface area contributed by atoms with Gasteiger partial charge in [0.25, 0.3) is 10.0 Å². The van der Waals surface area contributed by atoms with Crippen LogP contribution in [-0.2, 0) is 10.0 Å². The minimum Gasteiger partial charge on any atom is -0.277 e. The first-order valence-electron chi connectivity index (χ1n) is 7.31. The fourth-order valence-corrected chi connectivity index (χ4v) is 3.51. The number of hydrogen-bond donors (Lipinski definition) is 1. The summed E-state index contributed by atoms with van der Waals surface area (Å²) < 4.78 is 41.4. The summed E-state index contributed by atoms with van der Waals surface area (Å²) in [6.07, 6.45) is 0. The van der Waals surface area contributed by atoms with Crippen molar-refractivity contribution in [2.75, 3.05) is 4.72 Å². The lowest BCUT2D eigenvalue weighted by Gasteiger charge is -2.11. The van der Waals surface area contributed by atoms with Crippen molar-refractivity contribution in [3.05, 3.63) is 83.1 Å². The fourth-order valence-electron chi connectivity index (χ4n) is 2.27. The topological polar surface area (TPSA) is 70.0 Å². The maximum atomic E-state index is 14.1. The molecule has 0 spiro atoms. The van der Waals surface area contributed by atoms with Crippen LogP contribution < -0.4 is 4.72 Å². The van der Waals surface area contributed by atoms with E-state index in [9.17, 15) is 12.8 Å². The Morgan fingerprint density at radius 3 is 2.58 bits per heavy atom. The molecule has 0 saturated carbocycles. The SMILES string of the molecule is N#Cc1cc(S(=O)(=O)Nc2cc(-c3cc#ccc3)ccc2F)ccc1Cl. The van der Waals surface area contributed by atoms with Gasteiger partial charge in [0, 0.05) is 0 Å². The van der Waals surface area contributed by atoms with Crippen LogP contribution in [-0.4, -0.2) is 8.42 Å². The first-order chi connectivity index (χ1) is 12.4. The Kier molecular flexibility index (Phi) is 4.81. The smallest absolute Gasteiger partial charge is 0.262 e. The molecule has 26 heavy (non-hydrogen) atoms. The Labute approximate surface area is 155 Å². The minimum absolute atomic E-state index is 0.0137. The summed E-state index contributed by atoms with van der Waals surface area (Å²) in [5.74, 6) is -0.724. The number of sulfonamides is 1. The van der Waals surface area contributed by atoms with Crippen LogP contribution >= 0.6 is 11.6 Å². The molecule has 0 aliphatic heterocycles. The summed E-state index contributed by atoms with van der Waals surface area (Å²) in [6.45, 7) is 0.